The molecule has 0 bridgehead atoms. The summed E-state index contributed by atoms with van der Waals surface area (Å²) in [6, 6.07) is 8.84. The standard InChI is InChI=1S/C28H37N3O2/c1-17-7-9-19(10-8-17)31-20-11-27(2,3)13-22(32)25(20)24(18-15-29-30(6)16-18)26-21(31)12-28(4,5)14-23(26)33/h7-10,15-16,20-21,24-26H,11-14H2,1-6H3/t20-,21-,25-,26-/m1/s1. The van der Waals surface area contributed by atoms with Gasteiger partial charge in [0, 0.05) is 61.6 Å². The minimum absolute atomic E-state index is 0.0539. The Morgan fingerprint density at radius 1 is 0.848 bits per heavy atom. The fourth-order valence-electron chi connectivity index (χ4n) is 7.16. The third-order valence-corrected chi connectivity index (χ3v) is 8.33. The highest BCUT2D eigenvalue weighted by atomic mass is 16.1. The molecular weight excluding hydrogens is 410 g/mol. The van der Waals surface area contributed by atoms with Crippen LogP contribution in [-0.4, -0.2) is 33.4 Å². The Morgan fingerprint density at radius 3 is 1.82 bits per heavy atom. The van der Waals surface area contributed by atoms with E-state index in [-0.39, 0.29) is 40.7 Å². The highest BCUT2D eigenvalue weighted by Gasteiger charge is 2.60. The molecule has 5 rings (SSSR count). The third-order valence-electron chi connectivity index (χ3n) is 8.33. The number of anilines is 1. The number of carbonyl (C=O) groups is 2. The summed E-state index contributed by atoms with van der Waals surface area (Å²) in [5, 5.41) is 4.44. The van der Waals surface area contributed by atoms with Gasteiger partial charge in [0.05, 0.1) is 6.20 Å². The maximum Gasteiger partial charge on any atom is 0.139 e. The van der Waals surface area contributed by atoms with Gasteiger partial charge < -0.3 is 4.90 Å². The SMILES string of the molecule is Cc1ccc(N2[C@@H]3CC(C)(C)CC(=O)[C@@H]3C(c3cnn(C)c3)[C@H]3C(=O)CC(C)(C)C[C@H]32)cc1. The normalized spacial score (nSPS) is 32.9. The van der Waals surface area contributed by atoms with Crippen molar-refractivity contribution in [2.24, 2.45) is 29.7 Å². The molecule has 2 aliphatic carbocycles. The van der Waals surface area contributed by atoms with Crippen molar-refractivity contribution in [2.75, 3.05) is 4.90 Å². The van der Waals surface area contributed by atoms with Gasteiger partial charge in [0.15, 0.2) is 0 Å². The Hall–Kier alpha value is -2.43. The number of aryl methyl sites for hydroxylation is 2. The number of nitrogens with zero attached hydrogens (tertiary/aromatic N) is 3. The quantitative estimate of drug-likeness (QED) is 0.644. The number of aromatic nitrogens is 2. The van der Waals surface area contributed by atoms with Crippen LogP contribution in [0.3, 0.4) is 0 Å². The maximum atomic E-state index is 13.8. The maximum absolute atomic E-state index is 13.8. The highest BCUT2D eigenvalue weighted by Crippen LogP contribution is 2.56. The van der Waals surface area contributed by atoms with E-state index in [1.807, 2.05) is 19.4 Å². The van der Waals surface area contributed by atoms with E-state index in [2.05, 4.69) is 68.9 Å². The summed E-state index contributed by atoms with van der Waals surface area (Å²) >= 11 is 0. The Balaban J connectivity index is 1.71. The summed E-state index contributed by atoms with van der Waals surface area (Å²) in [6.45, 7) is 11.0. The van der Waals surface area contributed by atoms with Crippen LogP contribution < -0.4 is 4.90 Å². The van der Waals surface area contributed by atoms with Crippen LogP contribution >= 0.6 is 0 Å². The van der Waals surface area contributed by atoms with Crippen molar-refractivity contribution in [1.82, 2.24) is 9.78 Å². The third kappa shape index (κ3) is 3.83. The van der Waals surface area contributed by atoms with E-state index >= 15 is 0 Å². The zero-order chi connectivity index (χ0) is 23.7. The monoisotopic (exact) mass is 447 g/mol. The minimum Gasteiger partial charge on any atom is -0.364 e. The summed E-state index contributed by atoms with van der Waals surface area (Å²) in [6.07, 6.45) is 6.96. The lowest BCUT2D eigenvalue weighted by molar-refractivity contribution is -0.138. The number of benzene rings is 1. The van der Waals surface area contributed by atoms with Gasteiger partial charge >= 0.3 is 0 Å². The van der Waals surface area contributed by atoms with Gasteiger partial charge in [-0.15, -0.1) is 0 Å². The van der Waals surface area contributed by atoms with E-state index in [0.29, 0.717) is 24.4 Å². The number of Topliss-reactive ketones (excluding diaryl/α,β-unsaturated/α-hetero) is 2. The van der Waals surface area contributed by atoms with Crippen LogP contribution in [0.4, 0.5) is 5.69 Å². The lowest BCUT2D eigenvalue weighted by Gasteiger charge is -2.60. The minimum atomic E-state index is -0.185. The molecule has 2 heterocycles. The molecule has 3 fully saturated rings. The predicted octanol–water partition coefficient (Wildman–Crippen LogP) is 5.08. The lowest BCUT2D eigenvalue weighted by atomic mass is 9.54. The number of hydrogen-bond acceptors (Lipinski definition) is 4. The molecule has 0 unspecified atom stereocenters. The Morgan fingerprint density at radius 2 is 1.36 bits per heavy atom. The molecule has 0 spiro atoms. The van der Waals surface area contributed by atoms with E-state index in [1.54, 1.807) is 4.68 Å². The fraction of sp³-hybridized carbons (Fsp3) is 0.607. The van der Waals surface area contributed by atoms with Gasteiger partial charge in [-0.25, -0.2) is 0 Å². The molecule has 5 heteroatoms. The Kier molecular flexibility index (Phi) is 5.11. The highest BCUT2D eigenvalue weighted by molar-refractivity contribution is 5.90. The summed E-state index contributed by atoms with van der Waals surface area (Å²) in [4.78, 5) is 30.1. The van der Waals surface area contributed by atoms with E-state index < -0.39 is 0 Å². The molecule has 0 amide bonds. The molecule has 176 valence electrons. The van der Waals surface area contributed by atoms with E-state index in [0.717, 1.165) is 24.1 Å². The summed E-state index contributed by atoms with van der Waals surface area (Å²) in [5.74, 6) is 0.143. The topological polar surface area (TPSA) is 55.2 Å². The molecule has 0 radical (unpaired) electrons. The average molecular weight is 448 g/mol. The van der Waals surface area contributed by atoms with Crippen molar-refractivity contribution in [1.29, 1.82) is 0 Å². The summed E-state index contributed by atoms with van der Waals surface area (Å²) < 4.78 is 1.81. The molecule has 0 N–H and O–H groups in total. The van der Waals surface area contributed by atoms with Crippen molar-refractivity contribution in [3.63, 3.8) is 0 Å². The average Bonchev–Trinajstić information content (AvgIpc) is 3.11. The summed E-state index contributed by atoms with van der Waals surface area (Å²) in [7, 11) is 1.91. The molecule has 2 saturated carbocycles. The number of fused-ring (bicyclic) bond motifs is 2. The zero-order valence-corrected chi connectivity index (χ0v) is 20.8. The second-order valence-electron chi connectivity index (χ2n) is 12.4. The molecule has 5 nitrogen and oxygen atoms in total. The molecular formula is C28H37N3O2. The molecule has 4 atom stereocenters. The van der Waals surface area contributed by atoms with Gasteiger partial charge in [-0.2, -0.15) is 5.10 Å². The summed E-state index contributed by atoms with van der Waals surface area (Å²) in [5.41, 5.74) is 3.30. The van der Waals surface area contributed by atoms with E-state index in [1.165, 1.54) is 5.56 Å². The first-order chi connectivity index (χ1) is 15.5. The van der Waals surface area contributed by atoms with Crippen LogP contribution in [0.25, 0.3) is 0 Å². The molecule has 1 aromatic carbocycles. The number of piperidine rings is 1. The lowest BCUT2D eigenvalue weighted by Crippen LogP contribution is -2.66. The van der Waals surface area contributed by atoms with Crippen molar-refractivity contribution >= 4 is 17.3 Å². The molecule has 1 saturated heterocycles. The molecule has 33 heavy (non-hydrogen) atoms. The first-order valence-corrected chi connectivity index (χ1v) is 12.3. The Bertz CT molecular complexity index is 1040. The second kappa shape index (κ2) is 7.54. The first kappa shape index (κ1) is 22.4. The van der Waals surface area contributed by atoms with Crippen LogP contribution in [0, 0.1) is 29.6 Å². The van der Waals surface area contributed by atoms with Crippen LogP contribution in [0.5, 0.6) is 0 Å². The van der Waals surface area contributed by atoms with Gasteiger partial charge in [0.1, 0.15) is 11.6 Å². The first-order valence-electron chi connectivity index (χ1n) is 12.3. The van der Waals surface area contributed by atoms with Crippen LogP contribution in [0.15, 0.2) is 36.7 Å². The second-order valence-corrected chi connectivity index (χ2v) is 12.4. The van der Waals surface area contributed by atoms with E-state index in [9.17, 15) is 9.59 Å². The van der Waals surface area contributed by atoms with Crippen LogP contribution in [0.1, 0.15) is 70.4 Å². The molecule has 1 aliphatic heterocycles. The van der Waals surface area contributed by atoms with Crippen molar-refractivity contribution in [3.05, 3.63) is 47.8 Å². The van der Waals surface area contributed by atoms with Crippen molar-refractivity contribution < 1.29 is 9.59 Å². The Labute approximate surface area is 197 Å². The van der Waals surface area contributed by atoms with Crippen LogP contribution in [0.2, 0.25) is 0 Å². The predicted molar refractivity (Wildman–Crippen MR) is 130 cm³/mol. The zero-order valence-electron chi connectivity index (χ0n) is 20.8. The van der Waals surface area contributed by atoms with Gasteiger partial charge in [0.2, 0.25) is 0 Å². The number of hydrogen-bond donors (Lipinski definition) is 0. The number of carbonyl (C=O) groups excluding carboxylic acids is 2. The van der Waals surface area contributed by atoms with Gasteiger partial charge in [-0.1, -0.05) is 45.4 Å². The molecule has 2 aromatic rings. The molecule has 1 aromatic heterocycles. The van der Waals surface area contributed by atoms with Crippen molar-refractivity contribution in [3.8, 4) is 0 Å². The van der Waals surface area contributed by atoms with E-state index in [4.69, 9.17) is 0 Å². The number of rotatable bonds is 2. The van der Waals surface area contributed by atoms with Gasteiger partial charge in [-0.05, 0) is 48.3 Å². The van der Waals surface area contributed by atoms with Gasteiger partial charge in [-0.3, -0.25) is 14.3 Å². The van der Waals surface area contributed by atoms with Gasteiger partial charge in [0.25, 0.3) is 0 Å². The fourth-order valence-corrected chi connectivity index (χ4v) is 7.16. The molecule has 3 aliphatic rings. The van der Waals surface area contributed by atoms with Crippen molar-refractivity contribution in [2.45, 2.75) is 78.3 Å². The van der Waals surface area contributed by atoms with Crippen LogP contribution in [-0.2, 0) is 16.6 Å². The largest absolute Gasteiger partial charge is 0.364 e. The number of ketones is 2. The smallest absolute Gasteiger partial charge is 0.139 e.